The molecule has 8 heteroatoms. The molecule has 0 aliphatic carbocycles. The van der Waals surface area contributed by atoms with E-state index in [0.29, 0.717) is 24.3 Å². The summed E-state index contributed by atoms with van der Waals surface area (Å²) in [7, 11) is 3.66. The Morgan fingerprint density at radius 2 is 2.07 bits per heavy atom. The van der Waals surface area contributed by atoms with E-state index in [-0.39, 0.29) is 17.5 Å². The summed E-state index contributed by atoms with van der Waals surface area (Å²) in [5.74, 6) is 0.0230. The smallest absolute Gasteiger partial charge is 0.270 e. The molecule has 0 radical (unpaired) electrons. The van der Waals surface area contributed by atoms with Crippen molar-refractivity contribution in [1.82, 2.24) is 9.88 Å². The molecule has 0 N–H and O–H groups in total. The second-order valence-corrected chi connectivity index (χ2v) is 8.53. The lowest BCUT2D eigenvalue weighted by atomic mass is 9.97. The van der Waals surface area contributed by atoms with Gasteiger partial charge in [0.05, 0.1) is 25.7 Å². The first-order valence-corrected chi connectivity index (χ1v) is 10.4. The maximum atomic E-state index is 13.3. The molecular weight excluding hydrogens is 388 g/mol. The molecule has 1 aliphatic heterocycles. The fourth-order valence-corrected chi connectivity index (χ4v) is 4.89. The minimum Gasteiger partial charge on any atom is -0.377 e. The zero-order valence-electron chi connectivity index (χ0n) is 16.4. The van der Waals surface area contributed by atoms with Crippen molar-refractivity contribution in [3.05, 3.63) is 63.1 Å². The lowest BCUT2D eigenvalue weighted by Gasteiger charge is -2.32. The van der Waals surface area contributed by atoms with Crippen LogP contribution < -0.4 is 4.90 Å². The van der Waals surface area contributed by atoms with Crippen molar-refractivity contribution in [1.29, 1.82) is 0 Å². The molecular formula is C21H22N4O3S. The van der Waals surface area contributed by atoms with Crippen LogP contribution in [0.5, 0.6) is 0 Å². The molecule has 1 aromatic heterocycles. The topological polar surface area (TPSA) is 79.6 Å². The van der Waals surface area contributed by atoms with E-state index in [4.69, 9.17) is 4.98 Å². The fraction of sp³-hybridized carbons (Fsp3) is 0.333. The van der Waals surface area contributed by atoms with Gasteiger partial charge in [-0.1, -0.05) is 12.1 Å². The van der Waals surface area contributed by atoms with Crippen LogP contribution >= 0.6 is 11.3 Å². The number of piperidine rings is 1. The molecule has 1 amide bonds. The number of non-ortho nitro benzene ring substituents is 1. The van der Waals surface area contributed by atoms with Crippen molar-refractivity contribution in [2.24, 2.45) is 0 Å². The van der Waals surface area contributed by atoms with E-state index in [0.717, 1.165) is 28.1 Å². The summed E-state index contributed by atoms with van der Waals surface area (Å²) in [6, 6.07) is 12.5. The number of aromatic nitrogens is 1. The third-order valence-electron chi connectivity index (χ3n) is 5.27. The Morgan fingerprint density at radius 1 is 1.28 bits per heavy atom. The average molecular weight is 410 g/mol. The van der Waals surface area contributed by atoms with Crippen LogP contribution in [0.1, 0.15) is 34.1 Å². The molecule has 2 heterocycles. The molecule has 0 bridgehead atoms. The number of rotatable bonds is 4. The van der Waals surface area contributed by atoms with Gasteiger partial charge in [-0.05, 0) is 31.0 Å². The number of anilines is 1. The van der Waals surface area contributed by atoms with Gasteiger partial charge in [-0.2, -0.15) is 0 Å². The first-order chi connectivity index (χ1) is 13.9. The SMILES string of the molecule is CN(C)c1ccc([N+](=O)[O-])cc1C(=O)N1CCC[C@@H](c2nc3ccccc3s2)C1. The van der Waals surface area contributed by atoms with Crippen molar-refractivity contribution in [3.63, 3.8) is 0 Å². The summed E-state index contributed by atoms with van der Waals surface area (Å²) in [5.41, 5.74) is 1.97. The Morgan fingerprint density at radius 3 is 2.79 bits per heavy atom. The highest BCUT2D eigenvalue weighted by atomic mass is 32.1. The molecule has 150 valence electrons. The molecule has 3 aromatic rings. The lowest BCUT2D eigenvalue weighted by Crippen LogP contribution is -2.39. The average Bonchev–Trinajstić information content (AvgIpc) is 3.17. The number of fused-ring (bicyclic) bond motifs is 1. The number of benzene rings is 2. The van der Waals surface area contributed by atoms with Crippen molar-refractivity contribution in [3.8, 4) is 0 Å². The van der Waals surface area contributed by atoms with E-state index in [2.05, 4.69) is 6.07 Å². The number of thiazole rings is 1. The molecule has 0 unspecified atom stereocenters. The molecule has 1 atom stereocenters. The van der Waals surface area contributed by atoms with E-state index in [1.807, 2.05) is 42.1 Å². The molecule has 7 nitrogen and oxygen atoms in total. The van der Waals surface area contributed by atoms with Crippen LogP contribution in [0, 0.1) is 10.1 Å². The Balaban J connectivity index is 1.62. The van der Waals surface area contributed by atoms with Crippen LogP contribution in [-0.4, -0.2) is 47.9 Å². The van der Waals surface area contributed by atoms with Crippen LogP contribution in [0.25, 0.3) is 10.2 Å². The highest BCUT2D eigenvalue weighted by molar-refractivity contribution is 7.18. The van der Waals surface area contributed by atoms with Crippen molar-refractivity contribution < 1.29 is 9.72 Å². The molecule has 1 saturated heterocycles. The highest BCUT2D eigenvalue weighted by Gasteiger charge is 2.29. The van der Waals surface area contributed by atoms with Crippen LogP contribution in [0.3, 0.4) is 0 Å². The van der Waals surface area contributed by atoms with Crippen LogP contribution in [0.2, 0.25) is 0 Å². The number of likely N-dealkylation sites (tertiary alicyclic amines) is 1. The maximum absolute atomic E-state index is 13.3. The number of hydrogen-bond donors (Lipinski definition) is 0. The zero-order chi connectivity index (χ0) is 20.5. The van der Waals surface area contributed by atoms with Gasteiger partial charge in [0.25, 0.3) is 11.6 Å². The molecule has 0 saturated carbocycles. The van der Waals surface area contributed by atoms with Gasteiger partial charge >= 0.3 is 0 Å². The molecule has 1 fully saturated rings. The predicted molar refractivity (Wildman–Crippen MR) is 115 cm³/mol. The maximum Gasteiger partial charge on any atom is 0.270 e. The molecule has 1 aliphatic rings. The number of hydrogen-bond acceptors (Lipinski definition) is 6. The number of carbonyl (C=O) groups is 1. The quantitative estimate of drug-likeness (QED) is 0.473. The van der Waals surface area contributed by atoms with Gasteiger partial charge in [-0.3, -0.25) is 14.9 Å². The molecule has 29 heavy (non-hydrogen) atoms. The number of nitrogens with zero attached hydrogens (tertiary/aromatic N) is 4. The number of nitro groups is 1. The highest BCUT2D eigenvalue weighted by Crippen LogP contribution is 2.34. The summed E-state index contributed by atoms with van der Waals surface area (Å²) >= 11 is 1.68. The Bertz CT molecular complexity index is 1050. The molecule has 0 spiro atoms. The Hall–Kier alpha value is -3.00. The molecule has 4 rings (SSSR count). The molecule has 2 aromatic carbocycles. The van der Waals surface area contributed by atoms with Crippen LogP contribution in [0.15, 0.2) is 42.5 Å². The van der Waals surface area contributed by atoms with Gasteiger partial charge in [0.2, 0.25) is 0 Å². The number of para-hydroxylation sites is 1. The summed E-state index contributed by atoms with van der Waals surface area (Å²) in [4.78, 5) is 32.5. The summed E-state index contributed by atoms with van der Waals surface area (Å²) in [6.07, 6.45) is 1.87. The first-order valence-electron chi connectivity index (χ1n) is 9.54. The summed E-state index contributed by atoms with van der Waals surface area (Å²) in [5, 5.41) is 12.3. The van der Waals surface area contributed by atoms with E-state index in [1.54, 1.807) is 17.4 Å². The van der Waals surface area contributed by atoms with Gasteiger partial charge in [-0.15, -0.1) is 11.3 Å². The fourth-order valence-electron chi connectivity index (χ4n) is 3.80. The van der Waals surface area contributed by atoms with Gasteiger partial charge in [0.15, 0.2) is 0 Å². The minimum absolute atomic E-state index is 0.0707. The van der Waals surface area contributed by atoms with E-state index in [9.17, 15) is 14.9 Å². The van der Waals surface area contributed by atoms with Gasteiger partial charge in [-0.25, -0.2) is 4.98 Å². The lowest BCUT2D eigenvalue weighted by molar-refractivity contribution is -0.384. The van der Waals surface area contributed by atoms with Crippen LogP contribution in [0.4, 0.5) is 11.4 Å². The largest absolute Gasteiger partial charge is 0.377 e. The monoisotopic (exact) mass is 410 g/mol. The van der Waals surface area contributed by atoms with E-state index >= 15 is 0 Å². The van der Waals surface area contributed by atoms with Crippen molar-refractivity contribution >= 4 is 38.8 Å². The minimum atomic E-state index is -0.462. The van der Waals surface area contributed by atoms with E-state index < -0.39 is 4.92 Å². The second kappa shape index (κ2) is 7.79. The van der Waals surface area contributed by atoms with Gasteiger partial charge in [0, 0.05) is 50.9 Å². The first kappa shape index (κ1) is 19.3. The second-order valence-electron chi connectivity index (χ2n) is 7.46. The van der Waals surface area contributed by atoms with Crippen LogP contribution in [-0.2, 0) is 0 Å². The standard InChI is InChI=1S/C21H22N4O3S/c1-23(2)18-10-9-15(25(27)28)12-16(18)21(26)24-11-5-6-14(13-24)20-22-17-7-3-4-8-19(17)29-20/h3-4,7-10,12,14H,5-6,11,13H2,1-2H3/t14-/m1/s1. The summed E-state index contributed by atoms with van der Waals surface area (Å²) in [6.45, 7) is 1.23. The van der Waals surface area contributed by atoms with Gasteiger partial charge in [0.1, 0.15) is 0 Å². The van der Waals surface area contributed by atoms with Gasteiger partial charge < -0.3 is 9.80 Å². The number of carbonyl (C=O) groups excluding carboxylic acids is 1. The third kappa shape index (κ3) is 3.80. The Kier molecular flexibility index (Phi) is 5.19. The third-order valence-corrected chi connectivity index (χ3v) is 6.47. The van der Waals surface area contributed by atoms with Crippen molar-refractivity contribution in [2.75, 3.05) is 32.1 Å². The number of amides is 1. The zero-order valence-corrected chi connectivity index (χ0v) is 17.2. The Labute approximate surface area is 172 Å². The normalized spacial score (nSPS) is 16.8. The van der Waals surface area contributed by atoms with Crippen molar-refractivity contribution in [2.45, 2.75) is 18.8 Å². The predicted octanol–water partition coefficient (Wildman–Crippen LogP) is 4.29. The summed E-state index contributed by atoms with van der Waals surface area (Å²) < 4.78 is 1.15. The van der Waals surface area contributed by atoms with E-state index in [1.165, 1.54) is 12.1 Å². The number of nitro benzene ring substituents is 1.